The predicted octanol–water partition coefficient (Wildman–Crippen LogP) is 0.374. The third kappa shape index (κ3) is 2.48. The van der Waals surface area contributed by atoms with E-state index in [1.165, 1.54) is 4.57 Å². The molecule has 1 aromatic heterocycles. The van der Waals surface area contributed by atoms with Gasteiger partial charge in [-0.15, -0.1) is 0 Å². The first-order valence-corrected chi connectivity index (χ1v) is 6.30. The van der Waals surface area contributed by atoms with Gasteiger partial charge in [-0.25, -0.2) is 4.79 Å². The molecule has 2 N–H and O–H groups in total. The van der Waals surface area contributed by atoms with Crippen LogP contribution in [0.2, 0.25) is 0 Å². The van der Waals surface area contributed by atoms with Gasteiger partial charge in [0.25, 0.3) is 5.56 Å². The van der Waals surface area contributed by atoms with Crippen molar-refractivity contribution in [3.63, 3.8) is 0 Å². The van der Waals surface area contributed by atoms with Gasteiger partial charge in [0.15, 0.2) is 0 Å². The number of nitrogens with one attached hydrogen (secondary N) is 1. The van der Waals surface area contributed by atoms with Crippen LogP contribution in [-0.2, 0) is 17.7 Å². The average molecular weight is 254 g/mol. The Bertz CT molecular complexity index is 526. The number of aromatic amines is 1. The zero-order valence-corrected chi connectivity index (χ0v) is 10.4. The van der Waals surface area contributed by atoms with Gasteiger partial charge in [-0.05, 0) is 25.7 Å². The summed E-state index contributed by atoms with van der Waals surface area (Å²) in [5.41, 5.74) is -0.852. The van der Waals surface area contributed by atoms with Crippen molar-refractivity contribution < 1.29 is 9.84 Å². The molecule has 2 heterocycles. The first kappa shape index (κ1) is 12.9. The molecule has 2 rings (SSSR count). The molecule has 1 atom stereocenters. The average Bonchev–Trinajstić information content (AvgIpc) is 2.36. The minimum atomic E-state index is -0.580. The van der Waals surface area contributed by atoms with Gasteiger partial charge in [0.2, 0.25) is 5.88 Å². The maximum absolute atomic E-state index is 11.7. The molecule has 0 bridgehead atoms. The SMILES string of the molecule is CCc1c(O)n(CC2CCCCO2)c(=O)[nH]c1=O. The van der Waals surface area contributed by atoms with Crippen LogP contribution in [0.4, 0.5) is 0 Å². The fourth-order valence-electron chi connectivity index (χ4n) is 2.24. The molecular weight excluding hydrogens is 236 g/mol. The molecule has 100 valence electrons. The van der Waals surface area contributed by atoms with Crippen molar-refractivity contribution in [3.8, 4) is 5.88 Å². The molecule has 1 saturated heterocycles. The Kier molecular flexibility index (Phi) is 3.86. The van der Waals surface area contributed by atoms with E-state index in [4.69, 9.17) is 4.74 Å². The Hall–Kier alpha value is -1.56. The van der Waals surface area contributed by atoms with E-state index >= 15 is 0 Å². The van der Waals surface area contributed by atoms with Crippen LogP contribution in [0, 0.1) is 0 Å². The van der Waals surface area contributed by atoms with Gasteiger partial charge in [0.1, 0.15) is 0 Å². The molecule has 1 aromatic rings. The summed E-state index contributed by atoms with van der Waals surface area (Å²) in [6.07, 6.45) is 3.27. The Morgan fingerprint density at radius 3 is 2.83 bits per heavy atom. The number of ether oxygens (including phenoxy) is 1. The number of aromatic hydroxyl groups is 1. The molecule has 0 aromatic carbocycles. The third-order valence-corrected chi connectivity index (χ3v) is 3.28. The van der Waals surface area contributed by atoms with Gasteiger partial charge in [-0.2, -0.15) is 0 Å². The van der Waals surface area contributed by atoms with Crippen LogP contribution in [0.15, 0.2) is 9.59 Å². The standard InChI is InChI=1S/C12H18N2O4/c1-2-9-10(15)13-12(17)14(11(9)16)7-8-5-3-4-6-18-8/h8,16H,2-7H2,1H3,(H,13,15,17). The van der Waals surface area contributed by atoms with E-state index in [0.717, 1.165) is 19.3 Å². The summed E-state index contributed by atoms with van der Waals surface area (Å²) >= 11 is 0. The van der Waals surface area contributed by atoms with Crippen LogP contribution < -0.4 is 11.2 Å². The number of aromatic nitrogens is 2. The Labute approximate surface area is 104 Å². The van der Waals surface area contributed by atoms with E-state index < -0.39 is 11.2 Å². The lowest BCUT2D eigenvalue weighted by molar-refractivity contribution is 0.00393. The van der Waals surface area contributed by atoms with Gasteiger partial charge in [0.05, 0.1) is 18.2 Å². The van der Waals surface area contributed by atoms with Crippen molar-refractivity contribution in [3.05, 3.63) is 26.4 Å². The van der Waals surface area contributed by atoms with Crippen molar-refractivity contribution in [1.82, 2.24) is 9.55 Å². The fraction of sp³-hybridized carbons (Fsp3) is 0.667. The van der Waals surface area contributed by atoms with Crippen molar-refractivity contribution in [2.75, 3.05) is 6.61 Å². The zero-order chi connectivity index (χ0) is 13.1. The number of nitrogens with zero attached hydrogens (tertiary/aromatic N) is 1. The highest BCUT2D eigenvalue weighted by Gasteiger charge is 2.19. The number of hydrogen-bond donors (Lipinski definition) is 2. The lowest BCUT2D eigenvalue weighted by atomic mass is 10.1. The maximum atomic E-state index is 11.7. The Morgan fingerprint density at radius 1 is 1.44 bits per heavy atom. The zero-order valence-electron chi connectivity index (χ0n) is 10.4. The quantitative estimate of drug-likeness (QED) is 0.816. The van der Waals surface area contributed by atoms with E-state index in [1.54, 1.807) is 6.92 Å². The molecule has 6 nitrogen and oxygen atoms in total. The van der Waals surface area contributed by atoms with Crippen molar-refractivity contribution >= 4 is 0 Å². The smallest absolute Gasteiger partial charge is 0.331 e. The first-order chi connectivity index (χ1) is 8.63. The molecule has 6 heteroatoms. The summed E-state index contributed by atoms with van der Waals surface area (Å²) in [6, 6.07) is 0. The summed E-state index contributed by atoms with van der Waals surface area (Å²) in [5, 5.41) is 9.97. The van der Waals surface area contributed by atoms with E-state index in [9.17, 15) is 14.7 Å². The summed E-state index contributed by atoms with van der Waals surface area (Å²) in [5.74, 6) is -0.236. The van der Waals surface area contributed by atoms with E-state index in [1.807, 2.05) is 0 Å². The second-order valence-electron chi connectivity index (χ2n) is 4.51. The van der Waals surface area contributed by atoms with Crippen LogP contribution in [0.1, 0.15) is 31.7 Å². The minimum Gasteiger partial charge on any atom is -0.494 e. The van der Waals surface area contributed by atoms with E-state index in [-0.39, 0.29) is 24.1 Å². The first-order valence-electron chi connectivity index (χ1n) is 6.30. The lowest BCUT2D eigenvalue weighted by Gasteiger charge is -2.23. The molecule has 0 amide bonds. The summed E-state index contributed by atoms with van der Waals surface area (Å²) in [6.45, 7) is 2.73. The van der Waals surface area contributed by atoms with E-state index in [0.29, 0.717) is 13.0 Å². The van der Waals surface area contributed by atoms with Gasteiger partial charge in [0, 0.05) is 6.61 Å². The highest BCUT2D eigenvalue weighted by Crippen LogP contribution is 2.17. The molecule has 0 aliphatic carbocycles. The monoisotopic (exact) mass is 254 g/mol. The molecular formula is C12H18N2O4. The third-order valence-electron chi connectivity index (χ3n) is 3.28. The van der Waals surface area contributed by atoms with Gasteiger partial charge >= 0.3 is 5.69 Å². The summed E-state index contributed by atoms with van der Waals surface area (Å²) in [4.78, 5) is 25.4. The number of rotatable bonds is 3. The Morgan fingerprint density at radius 2 is 2.22 bits per heavy atom. The van der Waals surface area contributed by atoms with E-state index in [2.05, 4.69) is 4.98 Å². The molecule has 1 fully saturated rings. The molecule has 1 unspecified atom stereocenters. The second kappa shape index (κ2) is 5.39. The minimum absolute atomic E-state index is 0.0713. The van der Waals surface area contributed by atoms with Crippen LogP contribution in [0.3, 0.4) is 0 Å². The summed E-state index contributed by atoms with van der Waals surface area (Å²) in [7, 11) is 0. The van der Waals surface area contributed by atoms with Crippen molar-refractivity contribution in [2.24, 2.45) is 0 Å². The van der Waals surface area contributed by atoms with Gasteiger partial charge in [-0.3, -0.25) is 14.3 Å². The highest BCUT2D eigenvalue weighted by atomic mass is 16.5. The normalized spacial score (nSPS) is 19.9. The summed E-state index contributed by atoms with van der Waals surface area (Å²) < 4.78 is 6.72. The highest BCUT2D eigenvalue weighted by molar-refractivity contribution is 5.22. The molecule has 0 saturated carbocycles. The van der Waals surface area contributed by atoms with Crippen molar-refractivity contribution in [1.29, 1.82) is 0 Å². The van der Waals surface area contributed by atoms with Gasteiger partial charge < -0.3 is 9.84 Å². The van der Waals surface area contributed by atoms with Crippen LogP contribution in [0.25, 0.3) is 0 Å². The lowest BCUT2D eigenvalue weighted by Crippen LogP contribution is -2.36. The second-order valence-corrected chi connectivity index (χ2v) is 4.51. The molecule has 0 spiro atoms. The van der Waals surface area contributed by atoms with Gasteiger partial charge in [-0.1, -0.05) is 6.92 Å². The fourth-order valence-corrected chi connectivity index (χ4v) is 2.24. The van der Waals surface area contributed by atoms with Crippen LogP contribution >= 0.6 is 0 Å². The molecule has 0 radical (unpaired) electrons. The molecule has 18 heavy (non-hydrogen) atoms. The molecule has 1 aliphatic rings. The van der Waals surface area contributed by atoms with Crippen molar-refractivity contribution in [2.45, 2.75) is 45.3 Å². The number of H-pyrrole nitrogens is 1. The maximum Gasteiger partial charge on any atom is 0.331 e. The predicted molar refractivity (Wildman–Crippen MR) is 66.0 cm³/mol. The topological polar surface area (TPSA) is 84.3 Å². The largest absolute Gasteiger partial charge is 0.494 e. The van der Waals surface area contributed by atoms with Crippen LogP contribution in [-0.4, -0.2) is 27.4 Å². The molecule has 1 aliphatic heterocycles. The number of hydrogen-bond acceptors (Lipinski definition) is 4. The van der Waals surface area contributed by atoms with Crippen LogP contribution in [0.5, 0.6) is 5.88 Å². The Balaban J connectivity index is 2.32.